The number of aromatic nitrogens is 3. The summed E-state index contributed by atoms with van der Waals surface area (Å²) in [6.07, 6.45) is 2.90. The molecule has 0 amide bonds. The van der Waals surface area contributed by atoms with E-state index >= 15 is 0 Å². The van der Waals surface area contributed by atoms with Crippen molar-refractivity contribution >= 4 is 35.6 Å². The maximum Gasteiger partial charge on any atom is 0.191 e. The first-order chi connectivity index (χ1) is 10.8. The Kier molecular flexibility index (Phi) is 9.53. The molecule has 0 aromatic carbocycles. The Bertz CT molecular complexity index is 600. The molecule has 0 aliphatic heterocycles. The van der Waals surface area contributed by atoms with Crippen LogP contribution in [0.2, 0.25) is 0 Å². The molecule has 7 nitrogen and oxygen atoms in total. The van der Waals surface area contributed by atoms with Crippen molar-refractivity contribution in [2.45, 2.75) is 26.8 Å². The molecule has 0 fully saturated rings. The standard InChI is InChI=1S/C15H24N6O.HI/c1-3-16-15(17-9-7-11-22-4-2)18-12-14-20-19-13-8-5-6-10-21(13)14;/h5-6,8,10H,3-4,7,9,11-12H2,1-2H3,(H2,16,17,18);1H. The van der Waals surface area contributed by atoms with Crippen molar-refractivity contribution in [2.75, 3.05) is 26.3 Å². The third-order valence-electron chi connectivity index (χ3n) is 3.07. The van der Waals surface area contributed by atoms with Crippen molar-refractivity contribution in [3.63, 3.8) is 0 Å². The number of guanidine groups is 1. The molecular weight excluding hydrogens is 407 g/mol. The third kappa shape index (κ3) is 6.30. The highest BCUT2D eigenvalue weighted by atomic mass is 127. The van der Waals surface area contributed by atoms with Crippen molar-refractivity contribution in [1.29, 1.82) is 0 Å². The van der Waals surface area contributed by atoms with Gasteiger partial charge in [0.25, 0.3) is 0 Å². The highest BCUT2D eigenvalue weighted by Crippen LogP contribution is 2.03. The average molecular weight is 432 g/mol. The number of aliphatic imine (C=N–C) groups is 1. The average Bonchev–Trinajstić information content (AvgIpc) is 2.95. The largest absolute Gasteiger partial charge is 0.382 e. The lowest BCUT2D eigenvalue weighted by molar-refractivity contribution is 0.145. The van der Waals surface area contributed by atoms with Crippen molar-refractivity contribution in [3.05, 3.63) is 30.2 Å². The lowest BCUT2D eigenvalue weighted by atomic mass is 10.4. The maximum absolute atomic E-state index is 5.32. The number of pyridine rings is 1. The summed E-state index contributed by atoms with van der Waals surface area (Å²) in [4.78, 5) is 4.55. The fourth-order valence-electron chi connectivity index (χ4n) is 2.02. The van der Waals surface area contributed by atoms with Gasteiger partial charge in [-0.15, -0.1) is 34.2 Å². The minimum Gasteiger partial charge on any atom is -0.382 e. The highest BCUT2D eigenvalue weighted by Gasteiger charge is 2.04. The number of hydrogen-bond donors (Lipinski definition) is 2. The summed E-state index contributed by atoms with van der Waals surface area (Å²) in [5, 5.41) is 14.8. The van der Waals surface area contributed by atoms with Crippen LogP contribution in [-0.2, 0) is 11.3 Å². The minimum atomic E-state index is 0. The van der Waals surface area contributed by atoms with Crippen molar-refractivity contribution in [3.8, 4) is 0 Å². The van der Waals surface area contributed by atoms with E-state index in [0.717, 1.165) is 50.2 Å². The molecule has 0 unspecified atom stereocenters. The van der Waals surface area contributed by atoms with Gasteiger partial charge in [-0.2, -0.15) is 0 Å². The van der Waals surface area contributed by atoms with Crippen LogP contribution in [0.3, 0.4) is 0 Å². The molecular formula is C15H25IN6O. The fraction of sp³-hybridized carbons (Fsp3) is 0.533. The highest BCUT2D eigenvalue weighted by molar-refractivity contribution is 14.0. The molecule has 128 valence electrons. The van der Waals surface area contributed by atoms with Gasteiger partial charge >= 0.3 is 0 Å². The molecule has 8 heteroatoms. The van der Waals surface area contributed by atoms with Gasteiger partial charge in [-0.1, -0.05) is 6.07 Å². The predicted octanol–water partition coefficient (Wildman–Crippen LogP) is 1.83. The molecule has 0 aliphatic carbocycles. The number of nitrogens with zero attached hydrogens (tertiary/aromatic N) is 4. The van der Waals surface area contributed by atoms with Gasteiger partial charge in [0.1, 0.15) is 6.54 Å². The monoisotopic (exact) mass is 432 g/mol. The van der Waals surface area contributed by atoms with Crippen molar-refractivity contribution < 1.29 is 4.74 Å². The number of hydrogen-bond acceptors (Lipinski definition) is 4. The molecule has 0 atom stereocenters. The van der Waals surface area contributed by atoms with E-state index in [4.69, 9.17) is 4.74 Å². The summed E-state index contributed by atoms with van der Waals surface area (Å²) in [5.41, 5.74) is 0.836. The van der Waals surface area contributed by atoms with Crippen LogP contribution < -0.4 is 10.6 Å². The molecule has 0 radical (unpaired) electrons. The summed E-state index contributed by atoms with van der Waals surface area (Å²) >= 11 is 0. The van der Waals surface area contributed by atoms with E-state index < -0.39 is 0 Å². The molecule has 0 spiro atoms. The van der Waals surface area contributed by atoms with Crippen LogP contribution in [0.15, 0.2) is 29.4 Å². The molecule has 2 rings (SSSR count). The fourth-order valence-corrected chi connectivity index (χ4v) is 2.02. The Morgan fingerprint density at radius 1 is 1.26 bits per heavy atom. The van der Waals surface area contributed by atoms with E-state index in [1.165, 1.54) is 0 Å². The Morgan fingerprint density at radius 2 is 2.13 bits per heavy atom. The maximum atomic E-state index is 5.32. The van der Waals surface area contributed by atoms with Crippen LogP contribution in [0.5, 0.6) is 0 Å². The van der Waals surface area contributed by atoms with Gasteiger partial charge < -0.3 is 15.4 Å². The first-order valence-corrected chi connectivity index (χ1v) is 7.73. The van der Waals surface area contributed by atoms with Crippen LogP contribution in [-0.4, -0.2) is 46.9 Å². The lowest BCUT2D eigenvalue weighted by Crippen LogP contribution is -2.38. The van der Waals surface area contributed by atoms with E-state index in [1.54, 1.807) is 0 Å². The number of nitrogens with one attached hydrogen (secondary N) is 2. The Morgan fingerprint density at radius 3 is 2.91 bits per heavy atom. The quantitative estimate of drug-likeness (QED) is 0.288. The molecule has 2 aromatic rings. The molecule has 0 bridgehead atoms. The molecule has 0 saturated heterocycles. The summed E-state index contributed by atoms with van der Waals surface area (Å²) in [6.45, 7) is 7.69. The molecule has 2 aromatic heterocycles. The van der Waals surface area contributed by atoms with Gasteiger partial charge in [-0.3, -0.25) is 4.40 Å². The summed E-state index contributed by atoms with van der Waals surface area (Å²) < 4.78 is 7.27. The summed E-state index contributed by atoms with van der Waals surface area (Å²) in [5.74, 6) is 1.61. The van der Waals surface area contributed by atoms with Crippen LogP contribution in [0.1, 0.15) is 26.1 Å². The summed E-state index contributed by atoms with van der Waals surface area (Å²) in [7, 11) is 0. The van der Waals surface area contributed by atoms with E-state index in [0.29, 0.717) is 6.54 Å². The van der Waals surface area contributed by atoms with E-state index in [9.17, 15) is 0 Å². The van der Waals surface area contributed by atoms with Crippen LogP contribution in [0.4, 0.5) is 0 Å². The topological polar surface area (TPSA) is 75.8 Å². The molecule has 0 aliphatic rings. The first-order valence-electron chi connectivity index (χ1n) is 7.73. The second kappa shape index (κ2) is 11.2. The number of rotatable bonds is 8. The molecule has 0 saturated carbocycles. The number of ether oxygens (including phenoxy) is 1. The van der Waals surface area contributed by atoms with Gasteiger partial charge in [0, 0.05) is 32.5 Å². The normalized spacial score (nSPS) is 11.3. The molecule has 2 N–H and O–H groups in total. The van der Waals surface area contributed by atoms with Crippen LogP contribution in [0, 0.1) is 0 Å². The van der Waals surface area contributed by atoms with Gasteiger partial charge in [0.15, 0.2) is 17.4 Å². The van der Waals surface area contributed by atoms with Crippen LogP contribution >= 0.6 is 24.0 Å². The Labute approximate surface area is 153 Å². The van der Waals surface area contributed by atoms with E-state index in [1.807, 2.05) is 42.6 Å². The van der Waals surface area contributed by atoms with Gasteiger partial charge in [0.05, 0.1) is 0 Å². The smallest absolute Gasteiger partial charge is 0.191 e. The zero-order valence-corrected chi connectivity index (χ0v) is 16.0. The van der Waals surface area contributed by atoms with E-state index in [-0.39, 0.29) is 24.0 Å². The lowest BCUT2D eigenvalue weighted by Gasteiger charge is -2.10. The third-order valence-corrected chi connectivity index (χ3v) is 3.07. The second-order valence-electron chi connectivity index (χ2n) is 4.72. The summed E-state index contributed by atoms with van der Waals surface area (Å²) in [6, 6.07) is 5.83. The zero-order valence-electron chi connectivity index (χ0n) is 13.7. The predicted molar refractivity (Wildman–Crippen MR) is 102 cm³/mol. The number of fused-ring (bicyclic) bond motifs is 1. The molecule has 23 heavy (non-hydrogen) atoms. The van der Waals surface area contributed by atoms with Gasteiger partial charge in [-0.05, 0) is 32.4 Å². The Hall–Kier alpha value is -1.42. The van der Waals surface area contributed by atoms with Crippen molar-refractivity contribution in [1.82, 2.24) is 25.2 Å². The van der Waals surface area contributed by atoms with Crippen molar-refractivity contribution in [2.24, 2.45) is 4.99 Å². The number of halogens is 1. The van der Waals surface area contributed by atoms with Crippen LogP contribution in [0.25, 0.3) is 5.65 Å². The first kappa shape index (κ1) is 19.6. The Balaban J connectivity index is 0.00000264. The minimum absolute atomic E-state index is 0. The molecule has 2 heterocycles. The second-order valence-corrected chi connectivity index (χ2v) is 4.72. The van der Waals surface area contributed by atoms with E-state index in [2.05, 4.69) is 25.8 Å². The van der Waals surface area contributed by atoms with Gasteiger partial charge in [-0.25, -0.2) is 4.99 Å². The van der Waals surface area contributed by atoms with Gasteiger partial charge in [0.2, 0.25) is 0 Å². The SMILES string of the molecule is CCNC(=NCc1nnc2ccccn12)NCCCOCC.I. The zero-order chi connectivity index (χ0) is 15.6.